The third-order valence-corrected chi connectivity index (χ3v) is 8.65. The zero-order valence-corrected chi connectivity index (χ0v) is 12.8. The Morgan fingerprint density at radius 3 is 2.75 bits per heavy atom. The van der Waals surface area contributed by atoms with E-state index in [-0.39, 0.29) is 0 Å². The molecule has 1 aliphatic heterocycles. The first-order valence-electron chi connectivity index (χ1n) is 6.50. The van der Waals surface area contributed by atoms with E-state index >= 15 is 0 Å². The molecule has 0 spiro atoms. The van der Waals surface area contributed by atoms with Gasteiger partial charge in [0.2, 0.25) is 0 Å². The molecule has 1 N–H and O–H groups in total. The molecule has 0 aromatic heterocycles. The molecule has 1 saturated heterocycles. The zero-order valence-electron chi connectivity index (χ0n) is 10.6. The van der Waals surface area contributed by atoms with Gasteiger partial charge in [0.1, 0.15) is 0 Å². The Hall–Kier alpha value is 0.314. The monoisotopic (exact) mass is 260 g/mol. The first kappa shape index (κ1) is 12.8. The summed E-state index contributed by atoms with van der Waals surface area (Å²) in [7, 11) is -3.41. The number of rotatable bonds is 5. The van der Waals surface area contributed by atoms with Crippen molar-refractivity contribution in [1.29, 1.82) is 0 Å². The highest BCUT2D eigenvalue weighted by Crippen LogP contribution is 2.41. The average molecular weight is 260 g/mol. The lowest BCUT2D eigenvalue weighted by Gasteiger charge is -2.24. The molecule has 2 aliphatic rings. The van der Waals surface area contributed by atoms with Crippen molar-refractivity contribution in [3.63, 3.8) is 0 Å². The minimum absolute atomic E-state index is 0.597. The van der Waals surface area contributed by atoms with E-state index in [1.165, 1.54) is 31.7 Å². The van der Waals surface area contributed by atoms with Gasteiger partial charge in [-0.25, -0.2) is 0 Å². The normalized spacial score (nSPS) is 35.6. The van der Waals surface area contributed by atoms with Gasteiger partial charge in [-0.15, -0.1) is 0 Å². The van der Waals surface area contributed by atoms with Gasteiger partial charge in [-0.1, -0.05) is 6.42 Å². The van der Waals surface area contributed by atoms with Crippen LogP contribution in [0.15, 0.2) is 0 Å². The highest BCUT2D eigenvalue weighted by molar-refractivity contribution is 6.72. The summed E-state index contributed by atoms with van der Waals surface area (Å²) in [5, 5.41) is 0. The molecule has 94 valence electrons. The van der Waals surface area contributed by atoms with E-state index in [4.69, 9.17) is 8.85 Å². The van der Waals surface area contributed by atoms with Crippen molar-refractivity contribution in [1.82, 2.24) is 0 Å². The van der Waals surface area contributed by atoms with Crippen LogP contribution in [-0.4, -0.2) is 34.6 Å². The van der Waals surface area contributed by atoms with Crippen LogP contribution in [-0.2, 0) is 8.85 Å². The smallest absolute Gasteiger partial charge is 0.318 e. The van der Waals surface area contributed by atoms with Gasteiger partial charge in [-0.05, 0) is 50.9 Å². The molecule has 1 saturated carbocycles. The van der Waals surface area contributed by atoms with Crippen LogP contribution in [0.4, 0.5) is 0 Å². The van der Waals surface area contributed by atoms with E-state index in [0.29, 0.717) is 12.2 Å². The number of fused-ring (bicyclic) bond motifs is 1. The van der Waals surface area contributed by atoms with Crippen LogP contribution in [0.25, 0.3) is 0 Å². The minimum Gasteiger partial charge on any atom is -0.439 e. The van der Waals surface area contributed by atoms with Gasteiger partial charge in [0.25, 0.3) is 0 Å². The summed E-state index contributed by atoms with van der Waals surface area (Å²) in [6.07, 6.45) is 6.37. The van der Waals surface area contributed by atoms with Crippen molar-refractivity contribution in [3.8, 4) is 0 Å². The SMILES string of the molecule is C[SiH](CCC1CCC2OC2C1)O[Si](C)(C)O. The second-order valence-electron chi connectivity index (χ2n) is 5.84. The van der Waals surface area contributed by atoms with Crippen LogP contribution >= 0.6 is 0 Å². The fourth-order valence-corrected chi connectivity index (χ4v) is 8.12. The van der Waals surface area contributed by atoms with Crippen molar-refractivity contribution < 1.29 is 13.6 Å². The van der Waals surface area contributed by atoms with Crippen LogP contribution in [0, 0.1) is 5.92 Å². The Labute approximate surface area is 101 Å². The van der Waals surface area contributed by atoms with Gasteiger partial charge >= 0.3 is 8.56 Å². The molecule has 4 atom stereocenters. The Bertz CT molecular complexity index is 242. The summed E-state index contributed by atoms with van der Waals surface area (Å²) < 4.78 is 11.3. The average Bonchev–Trinajstić information content (AvgIpc) is 2.89. The molecular weight excluding hydrogens is 236 g/mol. The van der Waals surface area contributed by atoms with Crippen molar-refractivity contribution >= 4 is 17.6 Å². The van der Waals surface area contributed by atoms with E-state index in [1.54, 1.807) is 0 Å². The second kappa shape index (κ2) is 4.90. The minimum atomic E-state index is -2.28. The van der Waals surface area contributed by atoms with E-state index in [0.717, 1.165) is 5.92 Å². The summed E-state index contributed by atoms with van der Waals surface area (Å²) in [5.41, 5.74) is 0. The maximum absolute atomic E-state index is 9.71. The van der Waals surface area contributed by atoms with Crippen LogP contribution in [0.1, 0.15) is 25.7 Å². The standard InChI is InChI=1S/C11H24O3Si2/c1-15(14-16(2,3)12)7-6-9-4-5-10-11(8-9)13-10/h9-12,15H,4-8H2,1-3H3. The van der Waals surface area contributed by atoms with Gasteiger partial charge in [-0.2, -0.15) is 0 Å². The van der Waals surface area contributed by atoms with Crippen LogP contribution in [0.3, 0.4) is 0 Å². The molecule has 16 heavy (non-hydrogen) atoms. The molecule has 0 aromatic carbocycles. The summed E-state index contributed by atoms with van der Waals surface area (Å²) >= 11 is 0. The summed E-state index contributed by atoms with van der Waals surface area (Å²) in [5.74, 6) is 0.853. The third kappa shape index (κ3) is 3.96. The number of hydrogen-bond donors (Lipinski definition) is 1. The fraction of sp³-hybridized carbons (Fsp3) is 1.00. The molecule has 0 radical (unpaired) electrons. The highest BCUT2D eigenvalue weighted by Gasteiger charge is 2.43. The number of epoxide rings is 1. The highest BCUT2D eigenvalue weighted by atomic mass is 28.4. The molecular formula is C11H24O3Si2. The molecule has 1 heterocycles. The predicted molar refractivity (Wildman–Crippen MR) is 69.2 cm³/mol. The molecule has 2 rings (SSSR count). The molecule has 4 unspecified atom stereocenters. The zero-order chi connectivity index (χ0) is 11.8. The third-order valence-electron chi connectivity index (χ3n) is 3.58. The van der Waals surface area contributed by atoms with Crippen LogP contribution in [0.2, 0.25) is 25.7 Å². The van der Waals surface area contributed by atoms with Crippen molar-refractivity contribution in [2.24, 2.45) is 5.92 Å². The van der Waals surface area contributed by atoms with Crippen molar-refractivity contribution in [2.75, 3.05) is 0 Å². The summed E-state index contributed by atoms with van der Waals surface area (Å²) in [4.78, 5) is 9.71. The van der Waals surface area contributed by atoms with Gasteiger partial charge in [-0.3, -0.25) is 0 Å². The quantitative estimate of drug-likeness (QED) is 0.607. The van der Waals surface area contributed by atoms with Gasteiger partial charge in [0, 0.05) is 0 Å². The Kier molecular flexibility index (Phi) is 3.91. The Morgan fingerprint density at radius 1 is 1.38 bits per heavy atom. The lowest BCUT2D eigenvalue weighted by Crippen LogP contribution is -2.36. The molecule has 5 heteroatoms. The molecule has 1 aliphatic carbocycles. The maximum Gasteiger partial charge on any atom is 0.318 e. The first-order valence-corrected chi connectivity index (χ1v) is 11.8. The van der Waals surface area contributed by atoms with E-state index < -0.39 is 17.6 Å². The predicted octanol–water partition coefficient (Wildman–Crippen LogP) is 2.01. The Balaban J connectivity index is 1.63. The number of ether oxygens (including phenoxy) is 1. The van der Waals surface area contributed by atoms with Crippen LogP contribution < -0.4 is 0 Å². The van der Waals surface area contributed by atoms with Crippen molar-refractivity contribution in [2.45, 2.75) is 63.6 Å². The lowest BCUT2D eigenvalue weighted by molar-refractivity contribution is 0.352. The van der Waals surface area contributed by atoms with Gasteiger partial charge in [0.05, 0.1) is 12.2 Å². The van der Waals surface area contributed by atoms with E-state index in [9.17, 15) is 4.80 Å². The first-order chi connectivity index (χ1) is 7.44. The molecule has 3 nitrogen and oxygen atoms in total. The van der Waals surface area contributed by atoms with Gasteiger partial charge < -0.3 is 13.6 Å². The topological polar surface area (TPSA) is 42.0 Å². The van der Waals surface area contributed by atoms with E-state index in [1.807, 2.05) is 13.1 Å². The van der Waals surface area contributed by atoms with E-state index in [2.05, 4.69) is 6.55 Å². The van der Waals surface area contributed by atoms with Crippen molar-refractivity contribution in [3.05, 3.63) is 0 Å². The van der Waals surface area contributed by atoms with Gasteiger partial charge in [0.15, 0.2) is 9.04 Å². The fourth-order valence-electron chi connectivity index (χ4n) is 2.77. The molecule has 0 aromatic rings. The lowest BCUT2D eigenvalue weighted by atomic mass is 9.88. The Morgan fingerprint density at radius 2 is 2.12 bits per heavy atom. The molecule has 0 bridgehead atoms. The maximum atomic E-state index is 9.71. The summed E-state index contributed by atoms with van der Waals surface area (Å²) in [6, 6.07) is 1.21. The largest absolute Gasteiger partial charge is 0.439 e. The van der Waals surface area contributed by atoms with Crippen LogP contribution in [0.5, 0.6) is 0 Å². The molecule has 0 amide bonds. The second-order valence-corrected chi connectivity index (χ2v) is 11.9. The molecule has 2 fully saturated rings. The summed E-state index contributed by atoms with van der Waals surface area (Å²) in [6.45, 7) is 5.93. The number of hydrogen-bond acceptors (Lipinski definition) is 3.